The van der Waals surface area contributed by atoms with Crippen LogP contribution in [0.25, 0.3) is 0 Å². The van der Waals surface area contributed by atoms with Gasteiger partial charge in [0.2, 0.25) is 0 Å². The van der Waals surface area contributed by atoms with Crippen molar-refractivity contribution in [2.24, 2.45) is 23.2 Å². The van der Waals surface area contributed by atoms with Crippen LogP contribution in [0.2, 0.25) is 0 Å². The fourth-order valence-corrected chi connectivity index (χ4v) is 4.13. The maximum atomic E-state index is 12.3. The molecule has 7 atom stereocenters. The molecule has 7 unspecified atom stereocenters. The quantitative estimate of drug-likeness (QED) is 0.580. The van der Waals surface area contributed by atoms with Crippen molar-refractivity contribution in [2.45, 2.75) is 64.6 Å². The van der Waals surface area contributed by atoms with E-state index in [1.807, 2.05) is 20.8 Å². The molecule has 2 heterocycles. The molecule has 4 nitrogen and oxygen atoms in total. The van der Waals surface area contributed by atoms with E-state index in [1.165, 1.54) is 0 Å². The highest BCUT2D eigenvalue weighted by molar-refractivity contribution is 5.76. The smallest absolute Gasteiger partial charge is 0.311 e. The van der Waals surface area contributed by atoms with Gasteiger partial charge < -0.3 is 14.2 Å². The Hall–Kier alpha value is -0.610. The third-order valence-electron chi connectivity index (χ3n) is 5.79. The summed E-state index contributed by atoms with van der Waals surface area (Å²) in [6.45, 7) is 5.93. The topological polar surface area (TPSA) is 48.1 Å². The molecule has 2 aliphatic heterocycles. The zero-order valence-corrected chi connectivity index (χ0v) is 11.8. The molecule has 4 heteroatoms. The molecule has 0 amide bonds. The SMILES string of the molecule is CCC(C)(C)C(=O)OC1C2CC3C(C2)C1OC1OC13. The Kier molecular flexibility index (Phi) is 2.39. The Bertz CT molecular complexity index is 418. The van der Waals surface area contributed by atoms with Gasteiger partial charge in [-0.05, 0) is 50.9 Å². The van der Waals surface area contributed by atoms with E-state index in [0.717, 1.165) is 19.3 Å². The van der Waals surface area contributed by atoms with Gasteiger partial charge in [-0.2, -0.15) is 0 Å². The van der Waals surface area contributed by atoms with Crippen LogP contribution in [0, 0.1) is 23.2 Å². The first kappa shape index (κ1) is 12.2. The summed E-state index contributed by atoms with van der Waals surface area (Å²) in [7, 11) is 0. The Balaban J connectivity index is 1.50. The van der Waals surface area contributed by atoms with Gasteiger partial charge in [-0.3, -0.25) is 4.79 Å². The molecule has 19 heavy (non-hydrogen) atoms. The van der Waals surface area contributed by atoms with Crippen molar-refractivity contribution in [3.63, 3.8) is 0 Å². The average molecular weight is 266 g/mol. The van der Waals surface area contributed by atoms with Crippen molar-refractivity contribution in [1.82, 2.24) is 0 Å². The van der Waals surface area contributed by atoms with Crippen LogP contribution in [-0.2, 0) is 19.0 Å². The summed E-state index contributed by atoms with van der Waals surface area (Å²) in [4.78, 5) is 12.3. The predicted octanol–water partition coefficient (Wildman–Crippen LogP) is 2.11. The number of carbonyl (C=O) groups is 1. The highest BCUT2D eigenvalue weighted by atomic mass is 16.8. The summed E-state index contributed by atoms with van der Waals surface area (Å²) in [5.74, 6) is 1.62. The minimum atomic E-state index is -0.394. The number of hydrogen-bond acceptors (Lipinski definition) is 4. The molecule has 4 aliphatic rings. The molecule has 2 bridgehead atoms. The number of esters is 1. The van der Waals surface area contributed by atoms with E-state index in [0.29, 0.717) is 23.9 Å². The maximum Gasteiger partial charge on any atom is 0.311 e. The van der Waals surface area contributed by atoms with Crippen LogP contribution in [-0.4, -0.2) is 30.6 Å². The number of rotatable bonds is 3. The van der Waals surface area contributed by atoms with E-state index in [1.54, 1.807) is 0 Å². The first-order valence-corrected chi connectivity index (χ1v) is 7.53. The van der Waals surface area contributed by atoms with E-state index in [-0.39, 0.29) is 24.5 Å². The fraction of sp³-hybridized carbons (Fsp3) is 0.933. The van der Waals surface area contributed by atoms with E-state index < -0.39 is 5.41 Å². The summed E-state index contributed by atoms with van der Waals surface area (Å²) < 4.78 is 17.3. The lowest BCUT2D eigenvalue weighted by molar-refractivity contribution is -0.181. The summed E-state index contributed by atoms with van der Waals surface area (Å²) in [6.07, 6.45) is 3.48. The largest absolute Gasteiger partial charge is 0.459 e. The Labute approximate surface area is 113 Å². The number of epoxide rings is 1. The van der Waals surface area contributed by atoms with Crippen LogP contribution < -0.4 is 0 Å². The van der Waals surface area contributed by atoms with Crippen molar-refractivity contribution in [3.05, 3.63) is 0 Å². The maximum absolute atomic E-state index is 12.3. The Morgan fingerprint density at radius 1 is 1.21 bits per heavy atom. The van der Waals surface area contributed by atoms with Crippen molar-refractivity contribution in [3.8, 4) is 0 Å². The molecule has 4 fully saturated rings. The van der Waals surface area contributed by atoms with Crippen LogP contribution in [0.3, 0.4) is 0 Å². The Morgan fingerprint density at radius 2 is 1.84 bits per heavy atom. The van der Waals surface area contributed by atoms with Crippen LogP contribution in [0.4, 0.5) is 0 Å². The number of hydrogen-bond donors (Lipinski definition) is 0. The van der Waals surface area contributed by atoms with Gasteiger partial charge in [-0.1, -0.05) is 6.92 Å². The molecular weight excluding hydrogens is 244 g/mol. The molecule has 4 rings (SSSR count). The predicted molar refractivity (Wildman–Crippen MR) is 67.2 cm³/mol. The molecule has 106 valence electrons. The van der Waals surface area contributed by atoms with Crippen LogP contribution in [0.1, 0.15) is 40.0 Å². The summed E-state index contributed by atoms with van der Waals surface area (Å²) >= 11 is 0. The lowest BCUT2D eigenvalue weighted by Crippen LogP contribution is -2.48. The molecule has 0 aromatic carbocycles. The molecule has 2 saturated heterocycles. The molecule has 0 radical (unpaired) electrons. The highest BCUT2D eigenvalue weighted by Crippen LogP contribution is 2.60. The summed E-state index contributed by atoms with van der Waals surface area (Å²) in [5, 5.41) is 0. The number of fused-ring (bicyclic) bond motifs is 3. The number of carbonyl (C=O) groups excluding carboxylic acids is 1. The van der Waals surface area contributed by atoms with E-state index in [9.17, 15) is 4.79 Å². The lowest BCUT2D eigenvalue weighted by atomic mass is 9.80. The van der Waals surface area contributed by atoms with Gasteiger partial charge >= 0.3 is 5.97 Å². The van der Waals surface area contributed by atoms with Gasteiger partial charge in [0.1, 0.15) is 18.3 Å². The van der Waals surface area contributed by atoms with Crippen LogP contribution >= 0.6 is 0 Å². The van der Waals surface area contributed by atoms with Gasteiger partial charge in [-0.15, -0.1) is 0 Å². The minimum Gasteiger partial charge on any atom is -0.459 e. The second-order valence-electron chi connectivity index (χ2n) is 7.24. The van der Waals surface area contributed by atoms with E-state index >= 15 is 0 Å². The molecule has 2 aliphatic carbocycles. The van der Waals surface area contributed by atoms with Crippen LogP contribution in [0.15, 0.2) is 0 Å². The molecule has 0 aromatic heterocycles. The van der Waals surface area contributed by atoms with Gasteiger partial charge in [-0.25, -0.2) is 0 Å². The third kappa shape index (κ3) is 1.62. The van der Waals surface area contributed by atoms with Gasteiger partial charge in [0.25, 0.3) is 0 Å². The Morgan fingerprint density at radius 3 is 2.53 bits per heavy atom. The van der Waals surface area contributed by atoms with Gasteiger partial charge in [0.05, 0.1) is 5.41 Å². The summed E-state index contributed by atoms with van der Waals surface area (Å²) in [6, 6.07) is 0. The number of ether oxygens (including phenoxy) is 3. The van der Waals surface area contributed by atoms with Gasteiger partial charge in [0.15, 0.2) is 6.29 Å². The minimum absolute atomic E-state index is 0.00862. The second kappa shape index (κ2) is 3.73. The second-order valence-corrected chi connectivity index (χ2v) is 7.24. The molecule has 0 spiro atoms. The first-order valence-electron chi connectivity index (χ1n) is 7.53. The van der Waals surface area contributed by atoms with Crippen molar-refractivity contribution in [2.75, 3.05) is 0 Å². The summed E-state index contributed by atoms with van der Waals surface area (Å²) in [5.41, 5.74) is -0.394. The zero-order chi connectivity index (χ0) is 13.4. The average Bonchev–Trinajstić information content (AvgIpc) is 2.90. The monoisotopic (exact) mass is 266 g/mol. The molecule has 0 N–H and O–H groups in total. The van der Waals surface area contributed by atoms with Crippen molar-refractivity contribution in [1.29, 1.82) is 0 Å². The van der Waals surface area contributed by atoms with Gasteiger partial charge in [0, 0.05) is 0 Å². The van der Waals surface area contributed by atoms with Crippen molar-refractivity contribution >= 4 is 5.97 Å². The fourth-order valence-electron chi connectivity index (χ4n) is 4.13. The third-order valence-corrected chi connectivity index (χ3v) is 5.79. The first-order chi connectivity index (χ1) is 9.01. The van der Waals surface area contributed by atoms with E-state index in [2.05, 4.69) is 0 Å². The highest BCUT2D eigenvalue weighted by Gasteiger charge is 2.67. The van der Waals surface area contributed by atoms with Crippen molar-refractivity contribution < 1.29 is 19.0 Å². The van der Waals surface area contributed by atoms with E-state index in [4.69, 9.17) is 14.2 Å². The molecular formula is C15H22O4. The molecule has 0 aromatic rings. The molecule has 2 saturated carbocycles. The lowest BCUT2D eigenvalue weighted by Gasteiger charge is -2.38. The normalized spacial score (nSPS) is 49.9. The zero-order valence-electron chi connectivity index (χ0n) is 11.8. The van der Waals surface area contributed by atoms with Crippen LogP contribution in [0.5, 0.6) is 0 Å². The standard InChI is InChI=1S/C15H22O4/c1-4-15(2,3)14(16)19-10-7-5-8-9(6-7)12-13(18-12)17-11(8)10/h7-13H,4-6H2,1-3H3.